The summed E-state index contributed by atoms with van der Waals surface area (Å²) in [5.41, 5.74) is 5.96. The van der Waals surface area contributed by atoms with E-state index >= 15 is 0 Å². The van der Waals surface area contributed by atoms with Crippen molar-refractivity contribution in [2.45, 2.75) is 12.0 Å². The van der Waals surface area contributed by atoms with E-state index in [1.54, 1.807) is 30.3 Å². The van der Waals surface area contributed by atoms with Gasteiger partial charge in [-0.3, -0.25) is 9.36 Å². The van der Waals surface area contributed by atoms with Crippen LogP contribution in [-0.2, 0) is 9.36 Å². The second kappa shape index (κ2) is 5.42. The van der Waals surface area contributed by atoms with E-state index < -0.39 is 31.7 Å². The van der Waals surface area contributed by atoms with E-state index in [-0.39, 0.29) is 0 Å². The van der Waals surface area contributed by atoms with Gasteiger partial charge in [0.25, 0.3) is 0 Å². The fourth-order valence-electron chi connectivity index (χ4n) is 1.55. The molecule has 5 N–H and O–H groups in total. The lowest BCUT2D eigenvalue weighted by atomic mass is 9.94. The summed E-state index contributed by atoms with van der Waals surface area (Å²) in [7, 11) is -4.32. The number of carboxylic acids is 1. The Bertz CT molecular complexity index is 430. The van der Waals surface area contributed by atoms with Gasteiger partial charge in [0.2, 0.25) is 0 Å². The summed E-state index contributed by atoms with van der Waals surface area (Å²) in [5, 5.41) is 8.83. The van der Waals surface area contributed by atoms with Gasteiger partial charge in [-0.15, -0.1) is 0 Å². The lowest BCUT2D eigenvalue weighted by Crippen LogP contribution is -2.38. The molecule has 6 nitrogen and oxygen atoms in total. The van der Waals surface area contributed by atoms with E-state index in [2.05, 4.69) is 0 Å². The summed E-state index contributed by atoms with van der Waals surface area (Å²) >= 11 is 0. The predicted octanol–water partition coefficient (Wildman–Crippen LogP) is 0.360. The third kappa shape index (κ3) is 4.28. The van der Waals surface area contributed by atoms with Crippen LogP contribution in [0.1, 0.15) is 11.5 Å². The van der Waals surface area contributed by atoms with Crippen LogP contribution in [0.25, 0.3) is 0 Å². The first-order valence-corrected chi connectivity index (χ1v) is 6.69. The maximum absolute atomic E-state index is 11.0. The molecule has 7 heteroatoms. The monoisotopic (exact) mass is 259 g/mol. The Morgan fingerprint density at radius 1 is 1.29 bits per heavy atom. The van der Waals surface area contributed by atoms with Crippen LogP contribution in [0.4, 0.5) is 0 Å². The fourth-order valence-corrected chi connectivity index (χ4v) is 2.51. The van der Waals surface area contributed by atoms with Gasteiger partial charge in [0.1, 0.15) is 6.04 Å². The number of carbonyl (C=O) groups is 1. The van der Waals surface area contributed by atoms with E-state index in [9.17, 15) is 9.36 Å². The van der Waals surface area contributed by atoms with Crippen LogP contribution in [0.5, 0.6) is 0 Å². The normalized spacial score (nSPS) is 15.2. The number of rotatable bonds is 5. The molecule has 1 aromatic carbocycles. The zero-order valence-electron chi connectivity index (χ0n) is 8.93. The molecule has 0 spiro atoms. The Hall–Kier alpha value is -1.20. The summed E-state index contributed by atoms with van der Waals surface area (Å²) in [6.45, 7) is 0. The van der Waals surface area contributed by atoms with Crippen molar-refractivity contribution in [2.24, 2.45) is 5.73 Å². The van der Waals surface area contributed by atoms with Gasteiger partial charge in [-0.25, -0.2) is 0 Å². The molecule has 0 aliphatic carbocycles. The minimum Gasteiger partial charge on any atom is -0.480 e. The number of carboxylic acid groups (broad SMARTS) is 1. The maximum Gasteiger partial charge on any atom is 0.326 e. The smallest absolute Gasteiger partial charge is 0.326 e. The van der Waals surface area contributed by atoms with Crippen LogP contribution in [-0.4, -0.2) is 33.1 Å². The van der Waals surface area contributed by atoms with Crippen molar-refractivity contribution in [3.05, 3.63) is 35.9 Å². The quantitative estimate of drug-likeness (QED) is 0.566. The van der Waals surface area contributed by atoms with Crippen LogP contribution in [0.3, 0.4) is 0 Å². The molecule has 0 saturated heterocycles. The highest BCUT2D eigenvalue weighted by Crippen LogP contribution is 2.41. The second-order valence-electron chi connectivity index (χ2n) is 3.73. The van der Waals surface area contributed by atoms with Crippen molar-refractivity contribution >= 4 is 13.6 Å². The molecule has 17 heavy (non-hydrogen) atoms. The minimum absolute atomic E-state index is 0.505. The van der Waals surface area contributed by atoms with Gasteiger partial charge >= 0.3 is 13.6 Å². The average molecular weight is 259 g/mol. The third-order valence-electron chi connectivity index (χ3n) is 2.38. The largest absolute Gasteiger partial charge is 0.480 e. The third-order valence-corrected chi connectivity index (χ3v) is 3.25. The molecule has 1 unspecified atom stereocenters. The van der Waals surface area contributed by atoms with Crippen molar-refractivity contribution < 1.29 is 24.3 Å². The Morgan fingerprint density at radius 2 is 1.82 bits per heavy atom. The first kappa shape index (κ1) is 13.9. The molecule has 0 radical (unpaired) electrons. The van der Waals surface area contributed by atoms with Crippen LogP contribution in [0.2, 0.25) is 0 Å². The van der Waals surface area contributed by atoms with E-state index in [4.69, 9.17) is 20.6 Å². The summed E-state index contributed by atoms with van der Waals surface area (Å²) in [6.07, 6.45) is -0.579. The molecule has 0 aliphatic heterocycles. The second-order valence-corrected chi connectivity index (χ2v) is 5.42. The lowest BCUT2D eigenvalue weighted by molar-refractivity contribution is -0.138. The maximum atomic E-state index is 11.0. The topological polar surface area (TPSA) is 121 Å². The Balaban J connectivity index is 3.03. The van der Waals surface area contributed by atoms with Crippen molar-refractivity contribution in [3.8, 4) is 0 Å². The van der Waals surface area contributed by atoms with Crippen LogP contribution < -0.4 is 5.73 Å². The standard InChI is InChI=1S/C10H14NO5P/c11-9(10(12)13)8(6-17(14,15)16)7-4-2-1-3-5-7/h1-5,8-9H,6,11H2,(H,12,13)(H2,14,15,16)/t8?,9-/m0/s1. The van der Waals surface area contributed by atoms with Gasteiger partial charge in [-0.1, -0.05) is 30.3 Å². The number of hydrogen-bond acceptors (Lipinski definition) is 3. The van der Waals surface area contributed by atoms with Gasteiger partial charge in [0, 0.05) is 5.92 Å². The molecule has 1 rings (SSSR count). The highest BCUT2D eigenvalue weighted by atomic mass is 31.2. The Labute approximate surface area is 98.2 Å². The molecule has 94 valence electrons. The van der Waals surface area contributed by atoms with Crippen molar-refractivity contribution in [2.75, 3.05) is 6.16 Å². The highest BCUT2D eigenvalue weighted by Gasteiger charge is 2.31. The van der Waals surface area contributed by atoms with E-state index in [0.717, 1.165) is 0 Å². The van der Waals surface area contributed by atoms with Gasteiger partial charge in [0.05, 0.1) is 6.16 Å². The van der Waals surface area contributed by atoms with Crippen LogP contribution >= 0.6 is 7.60 Å². The molecule has 0 saturated carbocycles. The van der Waals surface area contributed by atoms with Crippen LogP contribution in [0, 0.1) is 0 Å². The number of aliphatic carboxylic acids is 1. The zero-order chi connectivity index (χ0) is 13.1. The summed E-state index contributed by atoms with van der Waals surface area (Å²) in [4.78, 5) is 28.7. The first-order valence-electron chi connectivity index (χ1n) is 4.89. The van der Waals surface area contributed by atoms with E-state index in [0.29, 0.717) is 5.56 Å². The minimum atomic E-state index is -4.32. The number of nitrogens with two attached hydrogens (primary N) is 1. The van der Waals surface area contributed by atoms with Crippen molar-refractivity contribution in [3.63, 3.8) is 0 Å². The summed E-state index contributed by atoms with van der Waals surface area (Å²) < 4.78 is 11.0. The Kier molecular flexibility index (Phi) is 4.42. The molecule has 0 aliphatic rings. The van der Waals surface area contributed by atoms with Crippen LogP contribution in [0.15, 0.2) is 30.3 Å². The SMILES string of the molecule is N[C@H](C(=O)O)C(CP(=O)(O)O)c1ccccc1. The molecular weight excluding hydrogens is 245 g/mol. The van der Waals surface area contributed by atoms with Crippen molar-refractivity contribution in [1.29, 1.82) is 0 Å². The number of hydrogen-bond donors (Lipinski definition) is 4. The molecule has 0 fully saturated rings. The number of benzene rings is 1. The van der Waals surface area contributed by atoms with E-state index in [1.165, 1.54) is 0 Å². The van der Waals surface area contributed by atoms with Gasteiger partial charge in [-0.05, 0) is 5.56 Å². The van der Waals surface area contributed by atoms with Gasteiger partial charge in [-0.2, -0.15) is 0 Å². The molecule has 0 amide bonds. The summed E-state index contributed by atoms with van der Waals surface area (Å²) in [5.74, 6) is -2.19. The lowest BCUT2D eigenvalue weighted by Gasteiger charge is -2.21. The van der Waals surface area contributed by atoms with Gasteiger partial charge in [0.15, 0.2) is 0 Å². The molecule has 1 aromatic rings. The molecule has 0 bridgehead atoms. The average Bonchev–Trinajstić information content (AvgIpc) is 2.25. The van der Waals surface area contributed by atoms with E-state index in [1.807, 2.05) is 0 Å². The molecular formula is C10H14NO5P. The van der Waals surface area contributed by atoms with Crippen molar-refractivity contribution in [1.82, 2.24) is 0 Å². The highest BCUT2D eigenvalue weighted by molar-refractivity contribution is 7.51. The molecule has 0 heterocycles. The zero-order valence-corrected chi connectivity index (χ0v) is 9.83. The Morgan fingerprint density at radius 3 is 2.24 bits per heavy atom. The molecule has 0 aromatic heterocycles. The summed E-state index contributed by atoms with van der Waals surface area (Å²) in [6, 6.07) is 6.91. The first-order chi connectivity index (χ1) is 7.81. The predicted molar refractivity (Wildman–Crippen MR) is 61.7 cm³/mol. The fraction of sp³-hybridized carbons (Fsp3) is 0.300. The molecule has 2 atom stereocenters. The van der Waals surface area contributed by atoms with Gasteiger partial charge < -0.3 is 20.6 Å².